The number of aromatic nitrogens is 5. The summed E-state index contributed by atoms with van der Waals surface area (Å²) in [5, 5.41) is 4.33. The van der Waals surface area contributed by atoms with E-state index in [1.165, 1.54) is 4.57 Å². The number of nitrogens with two attached hydrogens (primary N) is 1. The van der Waals surface area contributed by atoms with Crippen LogP contribution < -0.4 is 17.0 Å². The van der Waals surface area contributed by atoms with Gasteiger partial charge in [0.2, 0.25) is 0 Å². The van der Waals surface area contributed by atoms with E-state index in [2.05, 4.69) is 20.1 Å². The van der Waals surface area contributed by atoms with Gasteiger partial charge in [-0.05, 0) is 37.7 Å². The van der Waals surface area contributed by atoms with E-state index in [9.17, 15) is 9.59 Å². The minimum Gasteiger partial charge on any atom is -0.334 e. The van der Waals surface area contributed by atoms with Gasteiger partial charge in [0.25, 0.3) is 11.4 Å². The van der Waals surface area contributed by atoms with Gasteiger partial charge in [0, 0.05) is 12.2 Å². The Labute approximate surface area is 173 Å². The maximum atomic E-state index is 12.7. The first-order chi connectivity index (χ1) is 13.3. The average molecular weight is 421 g/mol. The fourth-order valence-corrected chi connectivity index (χ4v) is 3.51. The number of aromatic amines is 1. The van der Waals surface area contributed by atoms with Crippen LogP contribution in [0.15, 0.2) is 20.2 Å². The van der Waals surface area contributed by atoms with Crippen molar-refractivity contribution < 1.29 is 4.52 Å². The van der Waals surface area contributed by atoms with Crippen LogP contribution in [-0.4, -0.2) is 24.7 Å². The summed E-state index contributed by atoms with van der Waals surface area (Å²) in [7, 11) is 0. The smallest absolute Gasteiger partial charge is 0.329 e. The predicted molar refractivity (Wildman–Crippen MR) is 111 cm³/mol. The Bertz CT molecular complexity index is 1160. The number of fused-ring (bicyclic) bond motifs is 1. The lowest BCUT2D eigenvalue weighted by molar-refractivity contribution is 0.229. The van der Waals surface area contributed by atoms with Gasteiger partial charge in [0.05, 0.1) is 16.5 Å². The average Bonchev–Trinajstić information content (AvgIpc) is 3.12. The molecule has 29 heavy (non-hydrogen) atoms. The van der Waals surface area contributed by atoms with E-state index >= 15 is 0 Å². The van der Waals surface area contributed by atoms with Gasteiger partial charge in [-0.3, -0.25) is 14.3 Å². The van der Waals surface area contributed by atoms with Crippen molar-refractivity contribution in [3.63, 3.8) is 0 Å². The van der Waals surface area contributed by atoms with Gasteiger partial charge in [0.1, 0.15) is 0 Å². The maximum Gasteiger partial charge on any atom is 0.329 e. The quantitative estimate of drug-likeness (QED) is 0.647. The highest BCUT2D eigenvalue weighted by Gasteiger charge is 2.39. The van der Waals surface area contributed by atoms with Crippen LogP contribution in [0.2, 0.25) is 0 Å². The molecule has 1 saturated carbocycles. The summed E-state index contributed by atoms with van der Waals surface area (Å²) in [6.45, 7) is 6.40. The van der Waals surface area contributed by atoms with Gasteiger partial charge in [-0.25, -0.2) is 9.78 Å². The molecular formula is C19H25ClN6O3. The minimum atomic E-state index is -0.567. The Morgan fingerprint density at radius 3 is 2.62 bits per heavy atom. The molecule has 0 saturated heterocycles. The van der Waals surface area contributed by atoms with Crippen LogP contribution in [0.4, 0.5) is 0 Å². The summed E-state index contributed by atoms with van der Waals surface area (Å²) in [5.74, 6) is 0.749. The molecule has 0 aromatic carbocycles. The molecule has 0 spiro atoms. The number of nitrogens with one attached hydrogen (secondary N) is 1. The highest BCUT2D eigenvalue weighted by molar-refractivity contribution is 5.90. The third-order valence-electron chi connectivity index (χ3n) is 5.35. The standard InChI is InChI=1S/C19H24N6O3.ClH/c1-4-8-25-14-13(15(26)22-18(25)27)11(9-12(21-14)10(2)3)16-23-17(24-28-16)19(20)6-5-7-19;/h9-10H,4-8,20H2,1-3H3,(H,22,26,27);1H. The maximum absolute atomic E-state index is 12.7. The first-order valence-corrected chi connectivity index (χ1v) is 9.65. The predicted octanol–water partition coefficient (Wildman–Crippen LogP) is 2.43. The molecular weight excluding hydrogens is 396 g/mol. The first-order valence-electron chi connectivity index (χ1n) is 9.65. The minimum absolute atomic E-state index is 0. The Morgan fingerprint density at radius 2 is 2.03 bits per heavy atom. The van der Waals surface area contributed by atoms with E-state index in [0.717, 1.165) is 31.4 Å². The molecule has 1 aliphatic carbocycles. The largest absolute Gasteiger partial charge is 0.334 e. The van der Waals surface area contributed by atoms with E-state index in [1.807, 2.05) is 20.8 Å². The van der Waals surface area contributed by atoms with E-state index in [1.54, 1.807) is 6.07 Å². The van der Waals surface area contributed by atoms with Gasteiger partial charge >= 0.3 is 5.69 Å². The molecule has 0 radical (unpaired) electrons. The van der Waals surface area contributed by atoms with Crippen molar-refractivity contribution in [1.29, 1.82) is 0 Å². The fraction of sp³-hybridized carbons (Fsp3) is 0.526. The van der Waals surface area contributed by atoms with Gasteiger partial charge in [-0.15, -0.1) is 12.4 Å². The van der Waals surface area contributed by atoms with Crippen LogP contribution in [-0.2, 0) is 12.1 Å². The van der Waals surface area contributed by atoms with Crippen LogP contribution in [0.3, 0.4) is 0 Å². The van der Waals surface area contributed by atoms with E-state index in [4.69, 9.17) is 10.3 Å². The van der Waals surface area contributed by atoms with Gasteiger partial charge in [0.15, 0.2) is 11.5 Å². The van der Waals surface area contributed by atoms with Crippen molar-refractivity contribution in [3.05, 3.63) is 38.4 Å². The Kier molecular flexibility index (Phi) is 5.64. The van der Waals surface area contributed by atoms with Crippen molar-refractivity contribution in [2.75, 3.05) is 0 Å². The zero-order chi connectivity index (χ0) is 20.1. The van der Waals surface area contributed by atoms with Crippen LogP contribution >= 0.6 is 12.4 Å². The molecule has 0 unspecified atom stereocenters. The third-order valence-corrected chi connectivity index (χ3v) is 5.35. The monoisotopic (exact) mass is 420 g/mol. The number of pyridine rings is 1. The third kappa shape index (κ3) is 3.49. The first kappa shape index (κ1) is 21.2. The van der Waals surface area contributed by atoms with Gasteiger partial charge in [-0.2, -0.15) is 4.98 Å². The zero-order valence-corrected chi connectivity index (χ0v) is 17.5. The van der Waals surface area contributed by atoms with E-state index < -0.39 is 16.8 Å². The molecule has 1 aliphatic rings. The second kappa shape index (κ2) is 7.72. The lowest BCUT2D eigenvalue weighted by atomic mass is 9.77. The van der Waals surface area contributed by atoms with Crippen molar-refractivity contribution in [1.82, 2.24) is 24.7 Å². The number of halogens is 1. The highest BCUT2D eigenvalue weighted by atomic mass is 35.5. The van der Waals surface area contributed by atoms with Crippen molar-refractivity contribution in [2.45, 2.75) is 64.5 Å². The second-order valence-corrected chi connectivity index (χ2v) is 7.79. The summed E-state index contributed by atoms with van der Waals surface area (Å²) in [6.07, 6.45) is 3.36. The number of H-pyrrole nitrogens is 1. The molecule has 10 heteroatoms. The van der Waals surface area contributed by atoms with Crippen LogP contribution in [0.25, 0.3) is 22.5 Å². The fourth-order valence-electron chi connectivity index (χ4n) is 3.51. The van der Waals surface area contributed by atoms with Crippen molar-refractivity contribution >= 4 is 23.4 Å². The molecule has 3 heterocycles. The lowest BCUT2D eigenvalue weighted by Crippen LogP contribution is -2.44. The molecule has 0 atom stereocenters. The van der Waals surface area contributed by atoms with E-state index in [-0.39, 0.29) is 29.6 Å². The lowest BCUT2D eigenvalue weighted by Gasteiger charge is -2.34. The molecule has 3 aromatic rings. The molecule has 0 amide bonds. The van der Waals surface area contributed by atoms with Crippen LogP contribution in [0.1, 0.15) is 63.9 Å². The normalized spacial score (nSPS) is 15.3. The van der Waals surface area contributed by atoms with Gasteiger partial charge < -0.3 is 10.3 Å². The Hall–Kier alpha value is -2.52. The molecule has 3 aromatic heterocycles. The van der Waals surface area contributed by atoms with Gasteiger partial charge in [-0.1, -0.05) is 25.9 Å². The number of rotatable bonds is 5. The molecule has 0 aliphatic heterocycles. The summed E-state index contributed by atoms with van der Waals surface area (Å²) in [5.41, 5.74) is 6.30. The van der Waals surface area contributed by atoms with Crippen LogP contribution in [0.5, 0.6) is 0 Å². The summed E-state index contributed by atoms with van der Waals surface area (Å²) < 4.78 is 6.98. The molecule has 1 fully saturated rings. The molecule has 4 rings (SSSR count). The Balaban J connectivity index is 0.00000240. The molecule has 3 N–H and O–H groups in total. The van der Waals surface area contributed by atoms with Crippen LogP contribution in [0, 0.1) is 0 Å². The SMILES string of the molecule is CCCn1c(=O)[nH]c(=O)c2c(-c3nc(C4(N)CCC4)no3)cc(C(C)C)nc21.Cl. The number of aryl methyl sites for hydroxylation is 1. The van der Waals surface area contributed by atoms with E-state index in [0.29, 0.717) is 23.6 Å². The zero-order valence-electron chi connectivity index (χ0n) is 16.7. The molecule has 0 bridgehead atoms. The Morgan fingerprint density at radius 1 is 1.31 bits per heavy atom. The number of nitrogens with zero attached hydrogens (tertiary/aromatic N) is 4. The molecule has 156 valence electrons. The summed E-state index contributed by atoms with van der Waals surface area (Å²) in [6, 6.07) is 1.78. The number of hydrogen-bond acceptors (Lipinski definition) is 7. The summed E-state index contributed by atoms with van der Waals surface area (Å²) in [4.78, 5) is 36.5. The summed E-state index contributed by atoms with van der Waals surface area (Å²) >= 11 is 0. The van der Waals surface area contributed by atoms with Crippen molar-refractivity contribution in [3.8, 4) is 11.5 Å². The highest BCUT2D eigenvalue weighted by Crippen LogP contribution is 2.38. The van der Waals surface area contributed by atoms with Crippen molar-refractivity contribution in [2.24, 2.45) is 5.73 Å². The topological polar surface area (TPSA) is 133 Å². The second-order valence-electron chi connectivity index (χ2n) is 7.79. The molecule has 9 nitrogen and oxygen atoms in total. The number of hydrogen-bond donors (Lipinski definition) is 2.